The van der Waals surface area contributed by atoms with E-state index in [9.17, 15) is 5.11 Å². The highest BCUT2D eigenvalue weighted by atomic mass is 79.9. The minimum Gasteiger partial charge on any atom is -0.457 e. The molecule has 2 heterocycles. The molecule has 0 spiro atoms. The average Bonchev–Trinajstić information content (AvgIpc) is 2.74. The van der Waals surface area contributed by atoms with Crippen molar-refractivity contribution in [1.82, 2.24) is 0 Å². The Labute approximate surface area is 108 Å². The summed E-state index contributed by atoms with van der Waals surface area (Å²) in [5.74, 6) is 0. The van der Waals surface area contributed by atoms with Crippen molar-refractivity contribution in [2.75, 3.05) is 0 Å². The highest BCUT2D eigenvalue weighted by Crippen LogP contribution is 2.36. The molecule has 2 aromatic heterocycles. The van der Waals surface area contributed by atoms with E-state index in [1.807, 2.05) is 13.0 Å². The van der Waals surface area contributed by atoms with Crippen LogP contribution < -0.4 is 0 Å². The van der Waals surface area contributed by atoms with Crippen molar-refractivity contribution < 1.29 is 9.52 Å². The van der Waals surface area contributed by atoms with Crippen molar-refractivity contribution in [2.45, 2.75) is 13.0 Å². The molecule has 15 heavy (non-hydrogen) atoms. The molecule has 5 heteroatoms. The van der Waals surface area contributed by atoms with E-state index >= 15 is 0 Å². The fraction of sp³-hybridized carbons (Fsp3) is 0.200. The number of hydrogen-bond acceptors (Lipinski definition) is 3. The maximum absolute atomic E-state index is 10.1. The average molecular weight is 352 g/mol. The summed E-state index contributed by atoms with van der Waals surface area (Å²) in [6.45, 7) is 2.00. The van der Waals surface area contributed by atoms with E-state index in [2.05, 4.69) is 31.9 Å². The van der Waals surface area contributed by atoms with E-state index in [1.165, 1.54) is 11.3 Å². The van der Waals surface area contributed by atoms with Gasteiger partial charge in [-0.1, -0.05) is 0 Å². The Morgan fingerprint density at radius 1 is 1.47 bits per heavy atom. The van der Waals surface area contributed by atoms with Crippen molar-refractivity contribution in [3.63, 3.8) is 0 Å². The van der Waals surface area contributed by atoms with Crippen LogP contribution in [0, 0.1) is 6.92 Å². The number of hydrogen-bond donors (Lipinski definition) is 1. The van der Waals surface area contributed by atoms with Crippen LogP contribution in [0.1, 0.15) is 22.1 Å². The van der Waals surface area contributed by atoms with Crippen LogP contribution in [0.2, 0.25) is 0 Å². The SMILES string of the molecule is Cc1cc(C(O)c2ccoc2Br)sc1Br. The number of furan rings is 1. The Morgan fingerprint density at radius 3 is 2.67 bits per heavy atom. The predicted octanol–water partition coefficient (Wildman–Crippen LogP) is 4.26. The minimum absolute atomic E-state index is 0.581. The second-order valence-electron chi connectivity index (χ2n) is 3.16. The second kappa shape index (κ2) is 4.41. The van der Waals surface area contributed by atoms with Gasteiger partial charge in [-0.2, -0.15) is 0 Å². The quantitative estimate of drug-likeness (QED) is 0.877. The van der Waals surface area contributed by atoms with Gasteiger partial charge >= 0.3 is 0 Å². The van der Waals surface area contributed by atoms with Crippen molar-refractivity contribution >= 4 is 43.2 Å². The Balaban J connectivity index is 2.36. The summed E-state index contributed by atoms with van der Waals surface area (Å²) < 4.78 is 6.73. The zero-order chi connectivity index (χ0) is 11.0. The third-order valence-electron chi connectivity index (χ3n) is 2.09. The number of rotatable bonds is 2. The lowest BCUT2D eigenvalue weighted by atomic mass is 10.1. The van der Waals surface area contributed by atoms with Crippen molar-refractivity contribution in [3.05, 3.63) is 42.9 Å². The van der Waals surface area contributed by atoms with Gasteiger partial charge in [0.25, 0.3) is 0 Å². The van der Waals surface area contributed by atoms with Gasteiger partial charge < -0.3 is 9.52 Å². The van der Waals surface area contributed by atoms with Gasteiger partial charge in [0.05, 0.1) is 10.0 Å². The standard InChI is InChI=1S/C10H8Br2O2S/c1-5-4-7(15-10(5)12)8(13)6-2-3-14-9(6)11/h2-4,8,13H,1H3. The summed E-state index contributed by atoms with van der Waals surface area (Å²) in [6, 6.07) is 3.73. The topological polar surface area (TPSA) is 33.4 Å². The summed E-state index contributed by atoms with van der Waals surface area (Å²) >= 11 is 8.23. The first-order valence-corrected chi connectivity index (χ1v) is 6.66. The summed E-state index contributed by atoms with van der Waals surface area (Å²) in [6.07, 6.45) is 0.922. The molecular weight excluding hydrogens is 344 g/mol. The van der Waals surface area contributed by atoms with Crippen molar-refractivity contribution in [3.8, 4) is 0 Å². The lowest BCUT2D eigenvalue weighted by Gasteiger charge is -2.05. The van der Waals surface area contributed by atoms with E-state index in [1.54, 1.807) is 12.3 Å². The molecule has 0 saturated carbocycles. The van der Waals surface area contributed by atoms with Gasteiger partial charge in [-0.25, -0.2) is 0 Å². The van der Waals surface area contributed by atoms with E-state index in [0.717, 1.165) is 19.8 Å². The summed E-state index contributed by atoms with van der Waals surface area (Å²) in [7, 11) is 0. The third-order valence-corrected chi connectivity index (χ3v) is 4.92. The highest BCUT2D eigenvalue weighted by molar-refractivity contribution is 9.11. The molecule has 0 aliphatic carbocycles. The van der Waals surface area contributed by atoms with Gasteiger partial charge in [0.1, 0.15) is 6.10 Å². The van der Waals surface area contributed by atoms with Crippen LogP contribution in [0.15, 0.2) is 31.3 Å². The molecular formula is C10H8Br2O2S. The second-order valence-corrected chi connectivity index (χ2v) is 6.28. The first-order chi connectivity index (χ1) is 7.09. The number of aliphatic hydroxyl groups is 1. The summed E-state index contributed by atoms with van der Waals surface area (Å²) in [5, 5.41) is 10.1. The maximum atomic E-state index is 10.1. The Kier molecular flexibility index (Phi) is 3.35. The van der Waals surface area contributed by atoms with Crippen LogP contribution in [0.4, 0.5) is 0 Å². The number of thiophene rings is 1. The molecule has 80 valence electrons. The molecule has 0 aliphatic rings. The summed E-state index contributed by atoms with van der Waals surface area (Å²) in [5.41, 5.74) is 1.89. The highest BCUT2D eigenvalue weighted by Gasteiger charge is 2.18. The van der Waals surface area contributed by atoms with E-state index in [4.69, 9.17) is 4.42 Å². The van der Waals surface area contributed by atoms with Gasteiger partial charge in [-0.3, -0.25) is 0 Å². The lowest BCUT2D eigenvalue weighted by Crippen LogP contribution is -1.95. The zero-order valence-corrected chi connectivity index (χ0v) is 11.8. The lowest BCUT2D eigenvalue weighted by molar-refractivity contribution is 0.221. The van der Waals surface area contributed by atoms with Crippen LogP contribution in [-0.2, 0) is 0 Å². The molecule has 0 bridgehead atoms. The van der Waals surface area contributed by atoms with Gasteiger partial charge in [0, 0.05) is 10.4 Å². The first-order valence-electron chi connectivity index (χ1n) is 4.26. The van der Waals surface area contributed by atoms with E-state index < -0.39 is 6.10 Å². The van der Waals surface area contributed by atoms with Gasteiger partial charge in [-0.05, 0) is 56.5 Å². The van der Waals surface area contributed by atoms with Crippen LogP contribution >= 0.6 is 43.2 Å². The number of aryl methyl sites for hydroxylation is 1. The molecule has 0 fully saturated rings. The molecule has 0 aliphatic heterocycles. The molecule has 1 unspecified atom stereocenters. The van der Waals surface area contributed by atoms with Gasteiger partial charge in [0.2, 0.25) is 0 Å². The molecule has 1 N–H and O–H groups in total. The normalized spacial score (nSPS) is 13.1. The molecule has 1 atom stereocenters. The zero-order valence-electron chi connectivity index (χ0n) is 7.83. The number of aliphatic hydroxyl groups excluding tert-OH is 1. The Bertz CT molecular complexity index is 456. The Hall–Kier alpha value is -0.100. The number of halogens is 2. The smallest absolute Gasteiger partial charge is 0.175 e. The molecule has 2 nitrogen and oxygen atoms in total. The van der Waals surface area contributed by atoms with Crippen LogP contribution in [0.5, 0.6) is 0 Å². The third kappa shape index (κ3) is 2.20. The first kappa shape index (κ1) is 11.4. The molecule has 0 radical (unpaired) electrons. The fourth-order valence-electron chi connectivity index (χ4n) is 1.27. The van der Waals surface area contributed by atoms with E-state index in [0.29, 0.717) is 4.67 Å². The van der Waals surface area contributed by atoms with Crippen LogP contribution in [-0.4, -0.2) is 5.11 Å². The largest absolute Gasteiger partial charge is 0.457 e. The molecule has 2 rings (SSSR count). The minimum atomic E-state index is -0.631. The maximum Gasteiger partial charge on any atom is 0.175 e. The fourth-order valence-corrected chi connectivity index (χ4v) is 3.30. The van der Waals surface area contributed by atoms with Crippen LogP contribution in [0.3, 0.4) is 0 Å². The van der Waals surface area contributed by atoms with Gasteiger partial charge in [-0.15, -0.1) is 11.3 Å². The molecule has 0 saturated heterocycles. The Morgan fingerprint density at radius 2 is 2.20 bits per heavy atom. The summed E-state index contributed by atoms with van der Waals surface area (Å²) in [4.78, 5) is 0.904. The molecule has 2 aromatic rings. The van der Waals surface area contributed by atoms with Crippen molar-refractivity contribution in [1.29, 1.82) is 0 Å². The molecule has 0 amide bonds. The predicted molar refractivity (Wildman–Crippen MR) is 67.2 cm³/mol. The van der Waals surface area contributed by atoms with Gasteiger partial charge in [0.15, 0.2) is 4.67 Å². The molecule has 0 aromatic carbocycles. The van der Waals surface area contributed by atoms with E-state index in [-0.39, 0.29) is 0 Å². The van der Waals surface area contributed by atoms with Crippen LogP contribution in [0.25, 0.3) is 0 Å². The monoisotopic (exact) mass is 350 g/mol. The van der Waals surface area contributed by atoms with Crippen molar-refractivity contribution in [2.24, 2.45) is 0 Å².